The second kappa shape index (κ2) is 12.0. The third-order valence-corrected chi connectivity index (χ3v) is 10.1. The Morgan fingerprint density at radius 3 is 2.53 bits per heavy atom. The van der Waals surface area contributed by atoms with Gasteiger partial charge in [-0.15, -0.1) is 0 Å². The van der Waals surface area contributed by atoms with E-state index in [2.05, 4.69) is 26.2 Å². The van der Waals surface area contributed by atoms with Crippen LogP contribution in [0.15, 0.2) is 81.0 Å². The zero-order valence-electron chi connectivity index (χ0n) is 23.1. The molecule has 1 saturated heterocycles. The van der Waals surface area contributed by atoms with Crippen LogP contribution in [0.1, 0.15) is 28.8 Å². The highest BCUT2D eigenvalue weighted by Crippen LogP contribution is 2.53. The van der Waals surface area contributed by atoms with Gasteiger partial charge in [-0.1, -0.05) is 57.2 Å². The fourth-order valence-corrected chi connectivity index (χ4v) is 8.17. The molecule has 0 bridgehead atoms. The first-order chi connectivity index (χ1) is 20.7. The zero-order valence-corrected chi connectivity index (χ0v) is 26.3. The third kappa shape index (κ3) is 5.74. The molecule has 3 heterocycles. The van der Waals surface area contributed by atoms with Crippen LogP contribution >= 0.6 is 39.0 Å². The molecule has 1 fully saturated rings. The van der Waals surface area contributed by atoms with Crippen LogP contribution in [-0.2, 0) is 14.4 Å². The lowest BCUT2D eigenvalue weighted by Crippen LogP contribution is -2.32. The fraction of sp³-hybridized carbons (Fsp3) is 0.226. The summed E-state index contributed by atoms with van der Waals surface area (Å²) in [7, 11) is 0. The minimum Gasteiger partial charge on any atom is -0.490 e. The largest absolute Gasteiger partial charge is 0.490 e. The number of nitrogens with zero attached hydrogens (tertiary/aromatic N) is 1. The number of aromatic nitrogens is 1. The monoisotopic (exact) mass is 679 g/mol. The molecule has 2 N–H and O–H groups in total. The lowest BCUT2D eigenvalue weighted by molar-refractivity contribution is -0.122. The Kier molecular flexibility index (Phi) is 8.17. The molecule has 9 nitrogen and oxygen atoms in total. The summed E-state index contributed by atoms with van der Waals surface area (Å²) in [6.45, 7) is 3.87. The topological polar surface area (TPSA) is 118 Å². The number of amides is 3. The molecule has 220 valence electrons. The smallest absolute Gasteiger partial charge is 0.305 e. The van der Waals surface area contributed by atoms with Crippen molar-refractivity contribution < 1.29 is 23.9 Å². The second-order valence-corrected chi connectivity index (χ2v) is 13.2. The molecule has 0 radical (unpaired) electrons. The van der Waals surface area contributed by atoms with Gasteiger partial charge in [0.1, 0.15) is 5.25 Å². The van der Waals surface area contributed by atoms with Crippen molar-refractivity contribution in [3.8, 4) is 11.5 Å². The number of fused-ring (bicyclic) bond motifs is 2. The average Bonchev–Trinajstić information content (AvgIpc) is 3.47. The number of carbonyl (C=O) groups excluding carboxylic acids is 3. The van der Waals surface area contributed by atoms with Crippen molar-refractivity contribution in [3.05, 3.63) is 96.9 Å². The molecule has 0 aliphatic carbocycles. The molecule has 4 aromatic rings. The maximum Gasteiger partial charge on any atom is 0.305 e. The lowest BCUT2D eigenvalue weighted by Gasteiger charge is -2.30. The lowest BCUT2D eigenvalue weighted by atomic mass is 9.83. The number of rotatable bonds is 8. The number of hydrogen-bond donors (Lipinski definition) is 2. The summed E-state index contributed by atoms with van der Waals surface area (Å²) in [5.74, 6) is -1.53. The Bertz CT molecular complexity index is 1790. The highest BCUT2D eigenvalue weighted by atomic mass is 79.9. The normalized spacial score (nSPS) is 19.1. The first-order valence-corrected chi connectivity index (χ1v) is 16.0. The predicted octanol–water partition coefficient (Wildman–Crippen LogP) is 5.72. The Labute approximate surface area is 263 Å². The van der Waals surface area contributed by atoms with Crippen LogP contribution in [0.2, 0.25) is 0 Å². The Morgan fingerprint density at radius 1 is 1.00 bits per heavy atom. The fourth-order valence-electron chi connectivity index (χ4n) is 5.39. The van der Waals surface area contributed by atoms with Crippen molar-refractivity contribution in [2.45, 2.75) is 30.0 Å². The van der Waals surface area contributed by atoms with Crippen molar-refractivity contribution in [2.24, 2.45) is 5.92 Å². The van der Waals surface area contributed by atoms with Crippen LogP contribution in [0.4, 0.5) is 11.4 Å². The zero-order chi connectivity index (χ0) is 30.2. The number of anilines is 2. The highest BCUT2D eigenvalue weighted by Gasteiger charge is 2.56. The maximum atomic E-state index is 14.0. The second-order valence-electron chi connectivity index (χ2n) is 10.1. The molecule has 12 heteroatoms. The van der Waals surface area contributed by atoms with E-state index in [0.29, 0.717) is 44.9 Å². The molecule has 3 atom stereocenters. The van der Waals surface area contributed by atoms with Gasteiger partial charge in [-0.3, -0.25) is 19.2 Å². The van der Waals surface area contributed by atoms with Crippen molar-refractivity contribution in [3.63, 3.8) is 0 Å². The maximum absolute atomic E-state index is 14.0. The molecule has 2 aliphatic rings. The van der Waals surface area contributed by atoms with Gasteiger partial charge in [0.15, 0.2) is 18.1 Å². The van der Waals surface area contributed by atoms with E-state index in [0.717, 1.165) is 21.4 Å². The SMILES string of the molecule is CCOc1cc([C@@H]2c3sc(=O)[nH]c3S[C@H]3C(=O)N(c4ccc(Br)cc4)C(=O)[C@@H]23)ccc1OCC(=O)Nc1cccc(C)c1. The molecule has 3 amide bonds. The number of benzene rings is 3. The molecular formula is C31H26BrN3O6S2. The Hall–Kier alpha value is -3.87. The van der Waals surface area contributed by atoms with Crippen molar-refractivity contribution >= 4 is 68.1 Å². The Balaban J connectivity index is 1.31. The van der Waals surface area contributed by atoms with Gasteiger partial charge in [0.25, 0.3) is 5.91 Å². The molecule has 6 rings (SSSR count). The third-order valence-electron chi connectivity index (χ3n) is 7.20. The molecule has 0 saturated carbocycles. The van der Waals surface area contributed by atoms with Gasteiger partial charge in [0.05, 0.1) is 23.2 Å². The molecule has 1 aromatic heterocycles. The van der Waals surface area contributed by atoms with Gasteiger partial charge in [0.2, 0.25) is 11.8 Å². The van der Waals surface area contributed by atoms with E-state index in [4.69, 9.17) is 9.47 Å². The van der Waals surface area contributed by atoms with Crippen LogP contribution in [0, 0.1) is 12.8 Å². The summed E-state index contributed by atoms with van der Waals surface area (Å²) in [6.07, 6.45) is 0. The average molecular weight is 681 g/mol. The van der Waals surface area contributed by atoms with E-state index in [9.17, 15) is 19.2 Å². The molecule has 0 spiro atoms. The number of hydrogen-bond acceptors (Lipinski definition) is 8. The van der Waals surface area contributed by atoms with Crippen LogP contribution in [-0.4, -0.2) is 41.2 Å². The van der Waals surface area contributed by atoms with Crippen LogP contribution in [0.5, 0.6) is 11.5 Å². The van der Waals surface area contributed by atoms with E-state index in [1.807, 2.05) is 32.0 Å². The summed E-state index contributed by atoms with van der Waals surface area (Å²) in [6, 6.07) is 19.7. The van der Waals surface area contributed by atoms with Gasteiger partial charge >= 0.3 is 4.87 Å². The summed E-state index contributed by atoms with van der Waals surface area (Å²) >= 11 is 5.66. The summed E-state index contributed by atoms with van der Waals surface area (Å²) in [4.78, 5) is 57.2. The van der Waals surface area contributed by atoms with E-state index in [1.165, 1.54) is 16.7 Å². The van der Waals surface area contributed by atoms with Gasteiger partial charge in [-0.25, -0.2) is 4.90 Å². The molecule has 43 heavy (non-hydrogen) atoms. The number of thiazole rings is 1. The highest BCUT2D eigenvalue weighted by molar-refractivity contribution is 9.10. The number of aromatic amines is 1. The van der Waals surface area contributed by atoms with Gasteiger partial charge < -0.3 is 19.8 Å². The Morgan fingerprint density at radius 2 is 1.79 bits per heavy atom. The standard InChI is InChI=1S/C31H26BrN3O6S2/c1-3-40-22-14-17(7-12-21(22)41-15-23(36)33-19-6-4-5-16(2)13-19)24-25-27(42-28-26(24)43-31(39)34-28)30(38)35(29(25)37)20-10-8-18(32)9-11-20/h4-14,24-25,27H,3,15H2,1-2H3,(H,33,36)(H,34,39)/t24-,25-,27+/m0/s1. The van der Waals surface area contributed by atoms with Crippen LogP contribution in [0.25, 0.3) is 0 Å². The minimum atomic E-state index is -0.735. The summed E-state index contributed by atoms with van der Waals surface area (Å²) < 4.78 is 12.6. The first-order valence-electron chi connectivity index (χ1n) is 13.5. The van der Waals surface area contributed by atoms with E-state index < -0.39 is 17.1 Å². The van der Waals surface area contributed by atoms with E-state index in [1.54, 1.807) is 48.5 Å². The van der Waals surface area contributed by atoms with Gasteiger partial charge in [-0.2, -0.15) is 0 Å². The van der Waals surface area contributed by atoms with Crippen LogP contribution in [0.3, 0.4) is 0 Å². The van der Waals surface area contributed by atoms with Crippen molar-refractivity contribution in [2.75, 3.05) is 23.4 Å². The van der Waals surface area contributed by atoms with E-state index >= 15 is 0 Å². The molecular weight excluding hydrogens is 654 g/mol. The number of aryl methyl sites for hydroxylation is 1. The van der Waals surface area contributed by atoms with Gasteiger partial charge in [-0.05, 0) is 73.5 Å². The summed E-state index contributed by atoms with van der Waals surface area (Å²) in [5, 5.41) is 2.70. The van der Waals surface area contributed by atoms with E-state index in [-0.39, 0.29) is 29.2 Å². The molecule has 2 aliphatic heterocycles. The van der Waals surface area contributed by atoms with Crippen molar-refractivity contribution in [1.29, 1.82) is 0 Å². The predicted molar refractivity (Wildman–Crippen MR) is 169 cm³/mol. The number of ether oxygens (including phenoxy) is 2. The number of H-pyrrole nitrogens is 1. The number of nitrogens with one attached hydrogen (secondary N) is 2. The van der Waals surface area contributed by atoms with Gasteiger partial charge in [0, 0.05) is 21.0 Å². The number of halogens is 1. The molecule has 3 aromatic carbocycles. The number of imide groups is 1. The minimum absolute atomic E-state index is 0.239. The summed E-state index contributed by atoms with van der Waals surface area (Å²) in [5.41, 5.74) is 2.89. The number of thioether (sulfide) groups is 1. The first kappa shape index (κ1) is 29.2. The quantitative estimate of drug-likeness (QED) is 0.229. The van der Waals surface area contributed by atoms with Crippen molar-refractivity contribution in [1.82, 2.24) is 4.98 Å². The van der Waals surface area contributed by atoms with Crippen LogP contribution < -0.4 is 24.6 Å². The molecule has 0 unspecified atom stereocenters. The number of carbonyl (C=O) groups is 3.